The van der Waals surface area contributed by atoms with Crippen LogP contribution in [-0.2, 0) is 14.4 Å². The van der Waals surface area contributed by atoms with Gasteiger partial charge in [0.1, 0.15) is 6.04 Å². The summed E-state index contributed by atoms with van der Waals surface area (Å²) in [7, 11) is 0. The van der Waals surface area contributed by atoms with Gasteiger partial charge in [-0.05, 0) is 0 Å². The predicted octanol–water partition coefficient (Wildman–Crippen LogP) is -1.45. The van der Waals surface area contributed by atoms with Gasteiger partial charge in [-0.15, -0.1) is 0 Å². The molecule has 3 N–H and O–H groups in total. The van der Waals surface area contributed by atoms with Crippen LogP contribution in [0.15, 0.2) is 0 Å². The Balaban J connectivity index is 2.79. The monoisotopic (exact) mass is 170 g/mol. The van der Waals surface area contributed by atoms with Crippen LogP contribution in [-0.4, -0.2) is 34.5 Å². The largest absolute Gasteiger partial charge is 0.480 e. The molecule has 0 aliphatic carbocycles. The van der Waals surface area contributed by atoms with E-state index in [-0.39, 0.29) is 6.42 Å². The molecule has 1 fully saturated rings. The molecule has 1 heterocycles. The number of rotatable bonds is 1. The molecule has 0 aromatic heterocycles. The Morgan fingerprint density at radius 2 is 2.17 bits per heavy atom. The van der Waals surface area contributed by atoms with Crippen LogP contribution in [0.2, 0.25) is 0 Å². The quantitative estimate of drug-likeness (QED) is 0.447. The standard InChI is InChI=1S/C6H6N2O4/c7-4-3(9)1-2(6(11)12)8-5(4)10/h2,7H,1H2,(H,8,10)(H,11,12). The first-order valence-corrected chi connectivity index (χ1v) is 3.18. The van der Waals surface area contributed by atoms with E-state index in [1.54, 1.807) is 0 Å². The summed E-state index contributed by atoms with van der Waals surface area (Å²) in [6.07, 6.45) is -0.333. The number of nitrogens with one attached hydrogen (secondary N) is 2. The van der Waals surface area contributed by atoms with E-state index in [2.05, 4.69) is 0 Å². The normalized spacial score (nSPS) is 23.7. The second kappa shape index (κ2) is 2.72. The van der Waals surface area contributed by atoms with Crippen LogP contribution in [0.5, 0.6) is 0 Å². The molecule has 1 rings (SSSR count). The van der Waals surface area contributed by atoms with E-state index in [4.69, 9.17) is 10.5 Å². The predicted molar refractivity (Wildman–Crippen MR) is 36.9 cm³/mol. The summed E-state index contributed by atoms with van der Waals surface area (Å²) in [5, 5.41) is 17.3. The van der Waals surface area contributed by atoms with Crippen LogP contribution in [0.4, 0.5) is 0 Å². The number of carbonyl (C=O) groups is 3. The molecule has 1 aliphatic rings. The van der Waals surface area contributed by atoms with Gasteiger partial charge in [0.05, 0.1) is 0 Å². The van der Waals surface area contributed by atoms with Gasteiger partial charge in [-0.1, -0.05) is 0 Å². The van der Waals surface area contributed by atoms with E-state index < -0.39 is 29.4 Å². The van der Waals surface area contributed by atoms with Gasteiger partial charge >= 0.3 is 5.97 Å². The molecule has 12 heavy (non-hydrogen) atoms. The van der Waals surface area contributed by atoms with Gasteiger partial charge in [0.2, 0.25) is 0 Å². The number of hydrogen-bond donors (Lipinski definition) is 3. The van der Waals surface area contributed by atoms with Gasteiger partial charge in [0.15, 0.2) is 11.5 Å². The van der Waals surface area contributed by atoms with E-state index in [1.165, 1.54) is 0 Å². The molecule has 1 saturated heterocycles. The molecule has 0 aromatic rings. The van der Waals surface area contributed by atoms with E-state index in [0.29, 0.717) is 0 Å². The molecule has 1 aliphatic heterocycles. The first kappa shape index (κ1) is 8.38. The van der Waals surface area contributed by atoms with E-state index in [0.717, 1.165) is 0 Å². The molecular formula is C6H6N2O4. The minimum atomic E-state index is -1.26. The Labute approximate surface area is 67.1 Å². The van der Waals surface area contributed by atoms with Crippen molar-refractivity contribution in [2.45, 2.75) is 12.5 Å². The zero-order valence-electron chi connectivity index (χ0n) is 5.96. The van der Waals surface area contributed by atoms with Crippen molar-refractivity contribution in [1.82, 2.24) is 5.32 Å². The van der Waals surface area contributed by atoms with Crippen molar-refractivity contribution in [2.75, 3.05) is 0 Å². The van der Waals surface area contributed by atoms with Crippen molar-refractivity contribution in [3.63, 3.8) is 0 Å². The summed E-state index contributed by atoms with van der Waals surface area (Å²) >= 11 is 0. The average Bonchev–Trinajstić information content (AvgIpc) is 1.99. The summed E-state index contributed by atoms with van der Waals surface area (Å²) in [5.41, 5.74) is -0.674. The number of ketones is 1. The first-order chi connectivity index (χ1) is 5.52. The molecule has 1 unspecified atom stereocenters. The van der Waals surface area contributed by atoms with E-state index in [1.807, 2.05) is 5.32 Å². The molecule has 64 valence electrons. The number of Topliss-reactive ketones (excluding diaryl/α,β-unsaturated/α-hetero) is 1. The fraction of sp³-hybridized carbons (Fsp3) is 0.333. The molecule has 1 amide bonds. The highest BCUT2D eigenvalue weighted by Gasteiger charge is 2.33. The lowest BCUT2D eigenvalue weighted by atomic mass is 10.0. The van der Waals surface area contributed by atoms with Crippen LogP contribution in [0.3, 0.4) is 0 Å². The van der Waals surface area contributed by atoms with Crippen LogP contribution in [0.25, 0.3) is 0 Å². The second-order valence-electron chi connectivity index (χ2n) is 2.37. The topological polar surface area (TPSA) is 107 Å². The summed E-state index contributed by atoms with van der Waals surface area (Å²) in [6.45, 7) is 0. The second-order valence-corrected chi connectivity index (χ2v) is 2.37. The van der Waals surface area contributed by atoms with Crippen molar-refractivity contribution >= 4 is 23.4 Å². The van der Waals surface area contributed by atoms with Crippen LogP contribution < -0.4 is 5.32 Å². The van der Waals surface area contributed by atoms with E-state index >= 15 is 0 Å². The lowest BCUT2D eigenvalue weighted by Gasteiger charge is -2.18. The summed E-state index contributed by atoms with van der Waals surface area (Å²) < 4.78 is 0. The Hall–Kier alpha value is -1.72. The number of hydrogen-bond acceptors (Lipinski definition) is 4. The molecule has 6 heteroatoms. The van der Waals surface area contributed by atoms with Crippen molar-refractivity contribution in [1.29, 1.82) is 5.41 Å². The number of amides is 1. The zero-order valence-corrected chi connectivity index (χ0v) is 5.96. The highest BCUT2D eigenvalue weighted by Crippen LogP contribution is 2.01. The van der Waals surface area contributed by atoms with Crippen molar-refractivity contribution < 1.29 is 19.5 Å². The minimum absolute atomic E-state index is 0.333. The molecule has 0 aromatic carbocycles. The Morgan fingerprint density at radius 1 is 1.58 bits per heavy atom. The zero-order chi connectivity index (χ0) is 9.30. The van der Waals surface area contributed by atoms with Crippen molar-refractivity contribution in [2.24, 2.45) is 0 Å². The fourth-order valence-electron chi connectivity index (χ4n) is 0.845. The fourth-order valence-corrected chi connectivity index (χ4v) is 0.845. The minimum Gasteiger partial charge on any atom is -0.480 e. The smallest absolute Gasteiger partial charge is 0.326 e. The van der Waals surface area contributed by atoms with Gasteiger partial charge in [0, 0.05) is 6.42 Å². The van der Waals surface area contributed by atoms with Crippen LogP contribution in [0.1, 0.15) is 6.42 Å². The van der Waals surface area contributed by atoms with Gasteiger partial charge in [0.25, 0.3) is 5.91 Å². The Morgan fingerprint density at radius 3 is 2.58 bits per heavy atom. The highest BCUT2D eigenvalue weighted by atomic mass is 16.4. The first-order valence-electron chi connectivity index (χ1n) is 3.18. The molecule has 0 spiro atoms. The molecular weight excluding hydrogens is 164 g/mol. The molecule has 6 nitrogen and oxygen atoms in total. The highest BCUT2D eigenvalue weighted by molar-refractivity contribution is 6.65. The summed E-state index contributed by atoms with van der Waals surface area (Å²) in [5.74, 6) is -2.91. The van der Waals surface area contributed by atoms with Gasteiger partial charge in [-0.3, -0.25) is 15.0 Å². The number of carboxylic acids is 1. The molecule has 0 radical (unpaired) electrons. The maximum atomic E-state index is 10.8. The van der Waals surface area contributed by atoms with E-state index in [9.17, 15) is 14.4 Å². The third-order valence-electron chi connectivity index (χ3n) is 1.50. The lowest BCUT2D eigenvalue weighted by Crippen LogP contribution is -2.52. The average molecular weight is 170 g/mol. The number of piperidine rings is 1. The number of carbonyl (C=O) groups excluding carboxylic acids is 2. The summed E-state index contributed by atoms with van der Waals surface area (Å²) in [6, 6.07) is -1.18. The maximum Gasteiger partial charge on any atom is 0.326 e. The lowest BCUT2D eigenvalue weighted by molar-refractivity contribution is -0.143. The SMILES string of the molecule is N=C1C(=O)CC(C(=O)O)NC1=O. The molecule has 0 saturated carbocycles. The molecule has 1 atom stereocenters. The Kier molecular flexibility index (Phi) is 1.90. The Bertz CT molecular complexity index is 263. The van der Waals surface area contributed by atoms with Crippen LogP contribution in [0, 0.1) is 5.41 Å². The number of carboxylic acid groups (broad SMARTS) is 1. The maximum absolute atomic E-state index is 10.8. The van der Waals surface area contributed by atoms with Crippen LogP contribution >= 0.6 is 0 Å². The third kappa shape index (κ3) is 1.31. The summed E-state index contributed by atoms with van der Waals surface area (Å²) in [4.78, 5) is 31.8. The van der Waals surface area contributed by atoms with Crippen molar-refractivity contribution in [3.05, 3.63) is 0 Å². The van der Waals surface area contributed by atoms with Crippen molar-refractivity contribution in [3.8, 4) is 0 Å². The number of aliphatic carboxylic acids is 1. The van der Waals surface area contributed by atoms with Gasteiger partial charge in [-0.2, -0.15) is 0 Å². The van der Waals surface area contributed by atoms with Gasteiger partial charge in [-0.25, -0.2) is 4.79 Å². The van der Waals surface area contributed by atoms with Gasteiger partial charge < -0.3 is 10.4 Å². The molecule has 0 bridgehead atoms. The third-order valence-corrected chi connectivity index (χ3v) is 1.50.